The highest BCUT2D eigenvalue weighted by Crippen LogP contribution is 2.40. The Morgan fingerprint density at radius 3 is 2.75 bits per heavy atom. The van der Waals surface area contributed by atoms with Gasteiger partial charge in [0.05, 0.1) is 17.1 Å². The third kappa shape index (κ3) is 2.54. The first-order chi connectivity index (χ1) is 11.7. The molecule has 0 saturated carbocycles. The highest BCUT2D eigenvalue weighted by molar-refractivity contribution is 9.10. The summed E-state index contributed by atoms with van der Waals surface area (Å²) in [6, 6.07) is 15.3. The molecule has 4 nitrogen and oxygen atoms in total. The number of hydrogen-bond donors (Lipinski definition) is 2. The van der Waals surface area contributed by atoms with Crippen LogP contribution in [0.4, 0.5) is 0 Å². The van der Waals surface area contributed by atoms with Crippen LogP contribution >= 0.6 is 15.9 Å². The van der Waals surface area contributed by atoms with E-state index in [9.17, 15) is 9.90 Å². The maximum absolute atomic E-state index is 12.6. The highest BCUT2D eigenvalue weighted by Gasteiger charge is 2.31. The second-order valence-corrected chi connectivity index (χ2v) is 6.89. The van der Waals surface area contributed by atoms with Gasteiger partial charge in [-0.05, 0) is 45.6 Å². The van der Waals surface area contributed by atoms with Gasteiger partial charge in [0.2, 0.25) is 0 Å². The third-order valence-corrected chi connectivity index (χ3v) is 5.20. The van der Waals surface area contributed by atoms with Gasteiger partial charge in [-0.1, -0.05) is 36.4 Å². The predicted octanol–water partition coefficient (Wildman–Crippen LogP) is 4.15. The number of aliphatic hydroxyl groups is 1. The Bertz CT molecular complexity index is 918. The van der Waals surface area contributed by atoms with E-state index in [1.807, 2.05) is 42.5 Å². The fraction of sp³-hybridized carbons (Fsp3) is 0.211. The largest absolute Gasteiger partial charge is 0.450 e. The molecule has 24 heavy (non-hydrogen) atoms. The van der Waals surface area contributed by atoms with Crippen LogP contribution < -0.4 is 5.32 Å². The van der Waals surface area contributed by atoms with Crippen LogP contribution in [0.5, 0.6) is 0 Å². The van der Waals surface area contributed by atoms with E-state index in [1.54, 1.807) is 6.07 Å². The molecule has 0 aliphatic heterocycles. The first kappa shape index (κ1) is 15.4. The van der Waals surface area contributed by atoms with Gasteiger partial charge in [-0.25, -0.2) is 0 Å². The van der Waals surface area contributed by atoms with Crippen molar-refractivity contribution in [2.45, 2.75) is 18.4 Å². The number of carbonyl (C=O) groups is 1. The highest BCUT2D eigenvalue weighted by atomic mass is 79.9. The van der Waals surface area contributed by atoms with Gasteiger partial charge in [0.15, 0.2) is 5.76 Å². The molecule has 1 aromatic heterocycles. The van der Waals surface area contributed by atoms with Gasteiger partial charge >= 0.3 is 0 Å². The Balaban J connectivity index is 1.61. The molecule has 2 atom stereocenters. The molecular formula is C19H16BrNO3. The Morgan fingerprint density at radius 2 is 2.00 bits per heavy atom. The molecule has 1 aliphatic carbocycles. The number of halogens is 1. The molecule has 0 saturated heterocycles. The molecule has 2 N–H and O–H groups in total. The van der Waals surface area contributed by atoms with Gasteiger partial charge in [-0.2, -0.15) is 0 Å². The molecular weight excluding hydrogens is 370 g/mol. The first-order valence-electron chi connectivity index (χ1n) is 7.86. The van der Waals surface area contributed by atoms with Crippen molar-refractivity contribution >= 4 is 32.8 Å². The number of benzene rings is 2. The average molecular weight is 386 g/mol. The molecule has 3 aromatic rings. The van der Waals surface area contributed by atoms with E-state index in [1.165, 1.54) is 0 Å². The standard InChI is InChI=1S/C19H16BrNO3/c20-15-7-3-4-11-9-17(24-18(11)15)19(23)21-16-8-12(10-22)13-5-1-2-6-14(13)16/h1-7,9,12,16,22H,8,10H2,(H,21,23)/t12-,16+/m0/s1. The molecule has 1 aliphatic rings. The number of nitrogens with one attached hydrogen (secondary N) is 1. The fourth-order valence-corrected chi connectivity index (χ4v) is 3.88. The van der Waals surface area contributed by atoms with Crippen molar-refractivity contribution in [3.05, 3.63) is 69.9 Å². The summed E-state index contributed by atoms with van der Waals surface area (Å²) in [6.07, 6.45) is 0.700. The van der Waals surface area contributed by atoms with E-state index in [2.05, 4.69) is 21.2 Å². The van der Waals surface area contributed by atoms with Crippen LogP contribution in [0.3, 0.4) is 0 Å². The van der Waals surface area contributed by atoms with Crippen LogP contribution in [0.1, 0.15) is 40.1 Å². The maximum Gasteiger partial charge on any atom is 0.287 e. The summed E-state index contributed by atoms with van der Waals surface area (Å²) in [6.45, 7) is 0.0843. The number of para-hydroxylation sites is 1. The summed E-state index contributed by atoms with van der Waals surface area (Å²) >= 11 is 3.43. The Morgan fingerprint density at radius 1 is 1.21 bits per heavy atom. The number of amides is 1. The van der Waals surface area contributed by atoms with E-state index in [0.717, 1.165) is 21.0 Å². The van der Waals surface area contributed by atoms with Crippen LogP contribution in [-0.4, -0.2) is 17.6 Å². The van der Waals surface area contributed by atoms with Crippen LogP contribution in [-0.2, 0) is 0 Å². The number of furan rings is 1. The second-order valence-electron chi connectivity index (χ2n) is 6.04. The van der Waals surface area contributed by atoms with Crippen molar-refractivity contribution in [2.75, 3.05) is 6.61 Å². The topological polar surface area (TPSA) is 62.5 Å². The summed E-state index contributed by atoms with van der Waals surface area (Å²) in [5.74, 6) is 0.120. The van der Waals surface area contributed by atoms with Gasteiger partial charge < -0.3 is 14.8 Å². The van der Waals surface area contributed by atoms with Crippen molar-refractivity contribution in [2.24, 2.45) is 0 Å². The fourth-order valence-electron chi connectivity index (χ4n) is 3.42. The number of rotatable bonds is 3. The summed E-state index contributed by atoms with van der Waals surface area (Å²) in [5, 5.41) is 13.5. The van der Waals surface area contributed by atoms with Crippen molar-refractivity contribution in [1.29, 1.82) is 0 Å². The first-order valence-corrected chi connectivity index (χ1v) is 8.65. The van der Waals surface area contributed by atoms with Gasteiger partial charge in [-0.15, -0.1) is 0 Å². The van der Waals surface area contributed by atoms with Crippen LogP contribution in [0.25, 0.3) is 11.0 Å². The van der Waals surface area contributed by atoms with Crippen LogP contribution in [0, 0.1) is 0 Å². The van der Waals surface area contributed by atoms with Crippen molar-refractivity contribution in [3.63, 3.8) is 0 Å². The van der Waals surface area contributed by atoms with Gasteiger partial charge in [0.1, 0.15) is 5.58 Å². The summed E-state index contributed by atoms with van der Waals surface area (Å²) in [7, 11) is 0. The molecule has 0 bridgehead atoms. The van der Waals surface area contributed by atoms with Crippen LogP contribution in [0.2, 0.25) is 0 Å². The molecule has 1 heterocycles. The molecule has 4 rings (SSSR count). The van der Waals surface area contributed by atoms with Crippen molar-refractivity contribution in [3.8, 4) is 0 Å². The lowest BCUT2D eigenvalue weighted by Gasteiger charge is -2.13. The van der Waals surface area contributed by atoms with Gasteiger partial charge in [0.25, 0.3) is 5.91 Å². The molecule has 1 amide bonds. The molecule has 122 valence electrons. The lowest BCUT2D eigenvalue weighted by Crippen LogP contribution is -2.27. The normalized spacial score (nSPS) is 19.4. The minimum Gasteiger partial charge on any atom is -0.450 e. The van der Waals surface area contributed by atoms with Gasteiger partial charge in [0, 0.05) is 11.3 Å². The SMILES string of the molecule is O=C(N[C@@H]1C[C@@H](CO)c2ccccc21)c1cc2cccc(Br)c2o1. The zero-order chi connectivity index (χ0) is 16.7. The summed E-state index contributed by atoms with van der Waals surface area (Å²) in [5.41, 5.74) is 2.85. The minimum absolute atomic E-state index is 0.0660. The Hall–Kier alpha value is -2.11. The Kier molecular flexibility index (Phi) is 3.90. The number of carbonyl (C=O) groups excluding carboxylic acids is 1. The summed E-state index contributed by atoms with van der Waals surface area (Å²) in [4.78, 5) is 12.6. The number of aliphatic hydroxyl groups excluding tert-OH is 1. The van der Waals surface area contributed by atoms with E-state index >= 15 is 0 Å². The number of hydrogen-bond acceptors (Lipinski definition) is 3. The van der Waals surface area contributed by atoms with Crippen molar-refractivity contribution in [1.82, 2.24) is 5.32 Å². The molecule has 0 fully saturated rings. The molecule has 0 radical (unpaired) electrons. The van der Waals surface area contributed by atoms with E-state index in [0.29, 0.717) is 17.8 Å². The van der Waals surface area contributed by atoms with E-state index in [-0.39, 0.29) is 24.5 Å². The monoisotopic (exact) mass is 385 g/mol. The van der Waals surface area contributed by atoms with Crippen molar-refractivity contribution < 1.29 is 14.3 Å². The lowest BCUT2D eigenvalue weighted by atomic mass is 10.0. The van der Waals surface area contributed by atoms with E-state index < -0.39 is 0 Å². The van der Waals surface area contributed by atoms with Gasteiger partial charge in [-0.3, -0.25) is 4.79 Å². The molecule has 2 aromatic carbocycles. The second kappa shape index (κ2) is 6.07. The lowest BCUT2D eigenvalue weighted by molar-refractivity contribution is 0.0908. The molecule has 0 unspecified atom stereocenters. The average Bonchev–Trinajstić information content (AvgIpc) is 3.18. The quantitative estimate of drug-likeness (QED) is 0.711. The molecule has 0 spiro atoms. The zero-order valence-electron chi connectivity index (χ0n) is 12.8. The Labute approximate surface area is 147 Å². The molecule has 5 heteroatoms. The van der Waals surface area contributed by atoms with E-state index in [4.69, 9.17) is 4.42 Å². The smallest absolute Gasteiger partial charge is 0.287 e. The zero-order valence-corrected chi connectivity index (χ0v) is 14.4. The minimum atomic E-state index is -0.239. The maximum atomic E-state index is 12.6. The predicted molar refractivity (Wildman–Crippen MR) is 95.0 cm³/mol. The summed E-state index contributed by atoms with van der Waals surface area (Å²) < 4.78 is 6.53. The third-order valence-electron chi connectivity index (χ3n) is 4.58. The number of fused-ring (bicyclic) bond motifs is 2. The van der Waals surface area contributed by atoms with Crippen LogP contribution in [0.15, 0.2) is 57.4 Å².